The third-order valence-corrected chi connectivity index (χ3v) is 5.03. The lowest BCUT2D eigenvalue weighted by Gasteiger charge is -2.08. The molecule has 0 saturated heterocycles. The Morgan fingerprint density at radius 1 is 0.931 bits per heavy atom. The fraction of sp³-hybridized carbons (Fsp3) is 0.640. The van der Waals surface area contributed by atoms with Crippen LogP contribution in [0.5, 0.6) is 0 Å². The van der Waals surface area contributed by atoms with Gasteiger partial charge in [-0.25, -0.2) is 4.79 Å². The highest BCUT2D eigenvalue weighted by atomic mass is 16.5. The van der Waals surface area contributed by atoms with Crippen molar-refractivity contribution in [1.82, 2.24) is 0 Å². The van der Waals surface area contributed by atoms with E-state index in [1.807, 2.05) is 12.1 Å². The number of benzene rings is 1. The standard InChI is InChI=1S/C25H40O4/c1-2-3-4-5-6-7-8-9-10-11-12-13-14-15-22-16-18-23(19-17-22)25(28)29-21-24(27)20-26/h11-12,16-19,24,26-27H,2-10,13-15,20-21H2,1H3. The molecule has 0 bridgehead atoms. The van der Waals surface area contributed by atoms with Crippen LogP contribution in [0.25, 0.3) is 0 Å². The van der Waals surface area contributed by atoms with E-state index < -0.39 is 18.7 Å². The molecular formula is C25H40O4. The van der Waals surface area contributed by atoms with E-state index in [1.54, 1.807) is 12.1 Å². The van der Waals surface area contributed by atoms with Crippen LogP contribution in [0.15, 0.2) is 36.4 Å². The highest BCUT2D eigenvalue weighted by Gasteiger charge is 2.10. The van der Waals surface area contributed by atoms with Gasteiger partial charge in [0.25, 0.3) is 0 Å². The molecule has 0 aromatic heterocycles. The molecule has 0 aliphatic rings. The van der Waals surface area contributed by atoms with Crippen molar-refractivity contribution in [3.8, 4) is 0 Å². The van der Waals surface area contributed by atoms with Crippen LogP contribution in [0.1, 0.15) is 93.5 Å². The van der Waals surface area contributed by atoms with E-state index in [1.165, 1.54) is 63.4 Å². The summed E-state index contributed by atoms with van der Waals surface area (Å²) >= 11 is 0. The number of hydrogen-bond donors (Lipinski definition) is 2. The molecular weight excluding hydrogens is 364 g/mol. The van der Waals surface area contributed by atoms with Crippen LogP contribution in [0, 0.1) is 0 Å². The Bertz CT molecular complexity index is 550. The molecule has 0 aliphatic carbocycles. The second-order valence-corrected chi connectivity index (χ2v) is 7.76. The Balaban J connectivity index is 2.07. The van der Waals surface area contributed by atoms with Gasteiger partial charge in [0, 0.05) is 0 Å². The maximum absolute atomic E-state index is 11.8. The van der Waals surface area contributed by atoms with Gasteiger partial charge in [0.2, 0.25) is 0 Å². The predicted octanol–water partition coefficient (Wildman–Crippen LogP) is 5.61. The lowest BCUT2D eigenvalue weighted by Crippen LogP contribution is -2.21. The molecule has 1 rings (SSSR count). The lowest BCUT2D eigenvalue weighted by atomic mass is 10.1. The van der Waals surface area contributed by atoms with E-state index in [0.717, 1.165) is 19.3 Å². The van der Waals surface area contributed by atoms with E-state index in [-0.39, 0.29) is 6.61 Å². The molecule has 29 heavy (non-hydrogen) atoms. The van der Waals surface area contributed by atoms with Crippen LogP contribution in [0.4, 0.5) is 0 Å². The summed E-state index contributed by atoms with van der Waals surface area (Å²) in [5.41, 5.74) is 1.66. The predicted molar refractivity (Wildman–Crippen MR) is 119 cm³/mol. The van der Waals surface area contributed by atoms with Crippen LogP contribution in [0.2, 0.25) is 0 Å². The van der Waals surface area contributed by atoms with Crippen LogP contribution in [-0.4, -0.2) is 35.5 Å². The summed E-state index contributed by atoms with van der Waals surface area (Å²) in [6.07, 6.45) is 18.9. The van der Waals surface area contributed by atoms with Gasteiger partial charge >= 0.3 is 5.97 Å². The summed E-state index contributed by atoms with van der Waals surface area (Å²) in [5, 5.41) is 17.9. The number of carbonyl (C=O) groups is 1. The van der Waals surface area contributed by atoms with Crippen molar-refractivity contribution in [3.05, 3.63) is 47.5 Å². The second-order valence-electron chi connectivity index (χ2n) is 7.76. The maximum atomic E-state index is 11.8. The summed E-state index contributed by atoms with van der Waals surface area (Å²) in [4.78, 5) is 11.8. The molecule has 0 heterocycles. The number of allylic oxidation sites excluding steroid dienone is 2. The average Bonchev–Trinajstić information content (AvgIpc) is 2.75. The number of carbonyl (C=O) groups excluding carboxylic acids is 1. The molecule has 1 atom stereocenters. The Hall–Kier alpha value is -1.65. The lowest BCUT2D eigenvalue weighted by molar-refractivity contribution is 0.00933. The minimum atomic E-state index is -1.03. The first kappa shape index (κ1) is 25.4. The van der Waals surface area contributed by atoms with Gasteiger partial charge < -0.3 is 14.9 Å². The smallest absolute Gasteiger partial charge is 0.338 e. The van der Waals surface area contributed by atoms with Gasteiger partial charge in [-0.1, -0.05) is 76.2 Å². The number of aliphatic hydroxyl groups excluding tert-OH is 2. The zero-order valence-electron chi connectivity index (χ0n) is 18.2. The van der Waals surface area contributed by atoms with E-state index >= 15 is 0 Å². The normalized spacial score (nSPS) is 12.4. The number of rotatable bonds is 17. The zero-order valence-corrected chi connectivity index (χ0v) is 18.2. The Kier molecular flexibility index (Phi) is 15.1. The van der Waals surface area contributed by atoms with Gasteiger partial charge in [-0.05, 0) is 49.8 Å². The van der Waals surface area contributed by atoms with Crippen molar-refractivity contribution < 1.29 is 19.7 Å². The number of hydrogen-bond acceptors (Lipinski definition) is 4. The van der Waals surface area contributed by atoms with Gasteiger partial charge in [0.05, 0.1) is 12.2 Å². The van der Waals surface area contributed by atoms with E-state index in [9.17, 15) is 9.90 Å². The molecule has 4 heteroatoms. The van der Waals surface area contributed by atoms with Gasteiger partial charge in [-0.15, -0.1) is 0 Å². The van der Waals surface area contributed by atoms with Gasteiger partial charge in [0.15, 0.2) is 0 Å². The monoisotopic (exact) mass is 404 g/mol. The molecule has 1 aromatic carbocycles. The van der Waals surface area contributed by atoms with Crippen molar-refractivity contribution in [2.24, 2.45) is 0 Å². The third kappa shape index (κ3) is 13.2. The highest BCUT2D eigenvalue weighted by Crippen LogP contribution is 2.11. The number of esters is 1. The first-order chi connectivity index (χ1) is 14.2. The molecule has 0 fully saturated rings. The molecule has 0 saturated carbocycles. The summed E-state index contributed by atoms with van der Waals surface area (Å²) in [6.45, 7) is 1.65. The van der Waals surface area contributed by atoms with Crippen LogP contribution in [-0.2, 0) is 11.2 Å². The van der Waals surface area contributed by atoms with Crippen molar-refractivity contribution in [1.29, 1.82) is 0 Å². The number of ether oxygens (including phenoxy) is 1. The van der Waals surface area contributed by atoms with E-state index in [4.69, 9.17) is 9.84 Å². The topological polar surface area (TPSA) is 66.8 Å². The molecule has 0 spiro atoms. The molecule has 1 unspecified atom stereocenters. The fourth-order valence-electron chi connectivity index (χ4n) is 3.17. The Labute approximate surface area is 177 Å². The van der Waals surface area contributed by atoms with Crippen molar-refractivity contribution in [2.45, 2.75) is 90.1 Å². The zero-order chi connectivity index (χ0) is 21.2. The first-order valence-electron chi connectivity index (χ1n) is 11.4. The highest BCUT2D eigenvalue weighted by molar-refractivity contribution is 5.89. The summed E-state index contributed by atoms with van der Waals surface area (Å²) in [7, 11) is 0. The van der Waals surface area contributed by atoms with Crippen molar-refractivity contribution in [2.75, 3.05) is 13.2 Å². The molecule has 1 aromatic rings. The quantitative estimate of drug-likeness (QED) is 0.201. The van der Waals surface area contributed by atoms with E-state index in [2.05, 4.69) is 19.1 Å². The fourth-order valence-corrected chi connectivity index (χ4v) is 3.17. The molecule has 2 N–H and O–H groups in total. The number of aryl methyl sites for hydroxylation is 1. The Morgan fingerprint density at radius 2 is 1.52 bits per heavy atom. The summed E-state index contributed by atoms with van der Waals surface area (Å²) < 4.78 is 4.94. The van der Waals surface area contributed by atoms with Crippen LogP contribution < -0.4 is 0 Å². The second kappa shape index (κ2) is 17.2. The molecule has 0 aliphatic heterocycles. The minimum Gasteiger partial charge on any atom is -0.459 e. The number of aliphatic hydroxyl groups is 2. The average molecular weight is 405 g/mol. The summed E-state index contributed by atoms with van der Waals surface area (Å²) in [6, 6.07) is 7.40. The van der Waals surface area contributed by atoms with Gasteiger partial charge in [0.1, 0.15) is 12.7 Å². The SMILES string of the molecule is CCCCCCCCCCC=CCCCc1ccc(C(=O)OCC(O)CO)cc1. The van der Waals surface area contributed by atoms with Crippen molar-refractivity contribution >= 4 is 5.97 Å². The van der Waals surface area contributed by atoms with Gasteiger partial charge in [-0.3, -0.25) is 0 Å². The van der Waals surface area contributed by atoms with E-state index in [0.29, 0.717) is 5.56 Å². The third-order valence-electron chi connectivity index (χ3n) is 5.03. The minimum absolute atomic E-state index is 0.192. The number of unbranched alkanes of at least 4 members (excludes halogenated alkanes) is 9. The van der Waals surface area contributed by atoms with Gasteiger partial charge in [-0.2, -0.15) is 0 Å². The molecule has 164 valence electrons. The molecule has 4 nitrogen and oxygen atoms in total. The largest absolute Gasteiger partial charge is 0.459 e. The Morgan fingerprint density at radius 3 is 2.14 bits per heavy atom. The van der Waals surface area contributed by atoms with Crippen molar-refractivity contribution in [3.63, 3.8) is 0 Å². The van der Waals surface area contributed by atoms with Crippen LogP contribution in [0.3, 0.4) is 0 Å². The molecule has 0 radical (unpaired) electrons. The first-order valence-corrected chi connectivity index (χ1v) is 11.4. The van der Waals surface area contributed by atoms with Crippen LogP contribution >= 0.6 is 0 Å². The maximum Gasteiger partial charge on any atom is 0.338 e. The molecule has 0 amide bonds. The summed E-state index contributed by atoms with van der Waals surface area (Å²) in [5.74, 6) is -0.479.